The zero-order valence-corrected chi connectivity index (χ0v) is 22.2. The molecule has 0 fully saturated rings. The van der Waals surface area contributed by atoms with E-state index in [0.29, 0.717) is 16.0 Å². The van der Waals surface area contributed by atoms with Crippen LogP contribution in [0.15, 0.2) is 86.6 Å². The summed E-state index contributed by atoms with van der Waals surface area (Å²) in [6.45, 7) is 0. The summed E-state index contributed by atoms with van der Waals surface area (Å²) in [6, 6.07) is 22.4. The maximum absolute atomic E-state index is 13.9. The molecule has 0 saturated carbocycles. The SMILES string of the molecule is COc1cc(/C=c2/sc3n(c2=O)[C@@H](c2ccccc2)C2=C(N=3)c3ccccc3CC2)cc(Br)c1OC. The third-order valence-electron chi connectivity index (χ3n) is 6.74. The van der Waals surface area contributed by atoms with Crippen LogP contribution < -0.4 is 24.4 Å². The van der Waals surface area contributed by atoms with Gasteiger partial charge in [-0.2, -0.15) is 0 Å². The summed E-state index contributed by atoms with van der Waals surface area (Å²) in [5.41, 5.74) is 6.59. The summed E-state index contributed by atoms with van der Waals surface area (Å²) in [4.78, 5) is 19.7. The summed E-state index contributed by atoms with van der Waals surface area (Å²) in [7, 11) is 3.20. The number of hydrogen-bond donors (Lipinski definition) is 0. The molecule has 0 saturated heterocycles. The fourth-order valence-corrected chi connectivity index (χ4v) is 6.75. The Kier molecular flexibility index (Phi) is 5.90. The summed E-state index contributed by atoms with van der Waals surface area (Å²) in [5.74, 6) is 1.21. The quantitative estimate of drug-likeness (QED) is 0.350. The molecule has 1 aliphatic heterocycles. The minimum absolute atomic E-state index is 0.0380. The van der Waals surface area contributed by atoms with E-state index in [9.17, 15) is 4.79 Å². The molecule has 1 atom stereocenters. The van der Waals surface area contributed by atoms with E-state index in [1.807, 2.05) is 41.0 Å². The Morgan fingerprint density at radius 2 is 1.81 bits per heavy atom. The average molecular weight is 559 g/mol. The van der Waals surface area contributed by atoms with Crippen LogP contribution >= 0.6 is 27.3 Å². The minimum Gasteiger partial charge on any atom is -0.493 e. The molecule has 0 N–H and O–H groups in total. The number of aromatic nitrogens is 1. The second kappa shape index (κ2) is 9.22. The highest BCUT2D eigenvalue weighted by molar-refractivity contribution is 9.10. The van der Waals surface area contributed by atoms with Gasteiger partial charge in [-0.3, -0.25) is 9.36 Å². The lowest BCUT2D eigenvalue weighted by atomic mass is 9.83. The van der Waals surface area contributed by atoms with Crippen molar-refractivity contribution in [2.75, 3.05) is 14.2 Å². The first kappa shape index (κ1) is 23.0. The fourth-order valence-electron chi connectivity index (χ4n) is 5.13. The van der Waals surface area contributed by atoms with Gasteiger partial charge in [-0.25, -0.2) is 4.99 Å². The van der Waals surface area contributed by atoms with Crippen LogP contribution in [0.2, 0.25) is 0 Å². The number of ether oxygens (including phenoxy) is 2. The molecule has 36 heavy (non-hydrogen) atoms. The Bertz CT molecular complexity index is 1700. The molecule has 2 aliphatic rings. The van der Waals surface area contributed by atoms with E-state index in [0.717, 1.165) is 38.9 Å². The number of rotatable bonds is 4. The maximum Gasteiger partial charge on any atom is 0.271 e. The number of aryl methyl sites for hydroxylation is 1. The van der Waals surface area contributed by atoms with Gasteiger partial charge in [-0.1, -0.05) is 65.9 Å². The molecule has 0 radical (unpaired) electrons. The molecular formula is C29H23BrN2O3S. The van der Waals surface area contributed by atoms with Gasteiger partial charge in [0, 0.05) is 5.56 Å². The molecule has 2 heterocycles. The molecule has 0 bridgehead atoms. The van der Waals surface area contributed by atoms with Crippen molar-refractivity contribution in [1.82, 2.24) is 4.57 Å². The Labute approximate surface area is 220 Å². The van der Waals surface area contributed by atoms with Crippen LogP contribution in [0, 0.1) is 0 Å². The Morgan fingerprint density at radius 1 is 1.03 bits per heavy atom. The largest absolute Gasteiger partial charge is 0.493 e. The van der Waals surface area contributed by atoms with Gasteiger partial charge in [0.15, 0.2) is 16.3 Å². The molecule has 6 rings (SSSR count). The summed E-state index contributed by atoms with van der Waals surface area (Å²) >= 11 is 4.98. The first-order valence-electron chi connectivity index (χ1n) is 11.7. The number of fused-ring (bicyclic) bond motifs is 3. The van der Waals surface area contributed by atoms with Crippen molar-refractivity contribution in [3.8, 4) is 11.5 Å². The standard InChI is InChI=1S/C29H23BrN2O3S/c1-34-23-15-17(14-22(30)27(23)35-2)16-24-28(33)32-26(19-9-4-3-5-10-19)21-13-12-18-8-6-7-11-20(18)25(21)31-29(32)36-24/h3-11,14-16,26H,12-13H2,1-2H3/b24-16+/t26-/m0/s1. The van der Waals surface area contributed by atoms with Gasteiger partial charge in [0.05, 0.1) is 35.0 Å². The zero-order chi connectivity index (χ0) is 24.8. The molecule has 1 aromatic heterocycles. The molecular weight excluding hydrogens is 536 g/mol. The zero-order valence-electron chi connectivity index (χ0n) is 19.8. The van der Waals surface area contributed by atoms with Crippen LogP contribution in [0.5, 0.6) is 11.5 Å². The lowest BCUT2D eigenvalue weighted by molar-refractivity contribution is 0.353. The first-order chi connectivity index (χ1) is 17.6. The second-order valence-corrected chi connectivity index (χ2v) is 10.6. The van der Waals surface area contributed by atoms with Gasteiger partial charge in [0.25, 0.3) is 5.56 Å². The van der Waals surface area contributed by atoms with Crippen molar-refractivity contribution in [1.29, 1.82) is 0 Å². The van der Waals surface area contributed by atoms with Gasteiger partial charge in [0.1, 0.15) is 0 Å². The predicted octanol–water partition coefficient (Wildman–Crippen LogP) is 5.10. The van der Waals surface area contributed by atoms with E-state index < -0.39 is 0 Å². The Hall–Kier alpha value is -3.42. The highest BCUT2D eigenvalue weighted by atomic mass is 79.9. The molecule has 180 valence electrons. The number of nitrogens with zero attached hydrogens (tertiary/aromatic N) is 2. The summed E-state index contributed by atoms with van der Waals surface area (Å²) in [5, 5.41) is 0. The number of halogens is 1. The van der Waals surface area contributed by atoms with E-state index >= 15 is 0 Å². The number of methoxy groups -OCH3 is 2. The van der Waals surface area contributed by atoms with Gasteiger partial charge >= 0.3 is 0 Å². The molecule has 0 spiro atoms. The molecule has 7 heteroatoms. The van der Waals surface area contributed by atoms with Crippen molar-refractivity contribution in [2.45, 2.75) is 18.9 Å². The Balaban J connectivity index is 1.59. The van der Waals surface area contributed by atoms with Crippen LogP contribution in [-0.4, -0.2) is 18.8 Å². The van der Waals surface area contributed by atoms with Gasteiger partial charge in [-0.15, -0.1) is 0 Å². The molecule has 5 nitrogen and oxygen atoms in total. The van der Waals surface area contributed by atoms with Crippen molar-refractivity contribution in [3.63, 3.8) is 0 Å². The van der Waals surface area contributed by atoms with Crippen molar-refractivity contribution in [3.05, 3.63) is 119 Å². The fraction of sp³-hybridized carbons (Fsp3) is 0.172. The molecule has 3 aromatic carbocycles. The molecule has 4 aromatic rings. The van der Waals surface area contributed by atoms with Crippen molar-refractivity contribution in [2.24, 2.45) is 4.99 Å². The summed E-state index contributed by atoms with van der Waals surface area (Å²) in [6.07, 6.45) is 3.72. The second-order valence-electron chi connectivity index (χ2n) is 8.76. The topological polar surface area (TPSA) is 52.8 Å². The van der Waals surface area contributed by atoms with Crippen molar-refractivity contribution >= 4 is 39.0 Å². The maximum atomic E-state index is 13.9. The number of benzene rings is 3. The third-order valence-corrected chi connectivity index (χ3v) is 8.31. The Morgan fingerprint density at radius 3 is 2.58 bits per heavy atom. The first-order valence-corrected chi connectivity index (χ1v) is 13.3. The minimum atomic E-state index is -0.176. The highest BCUT2D eigenvalue weighted by Crippen LogP contribution is 2.41. The van der Waals surface area contributed by atoms with E-state index in [4.69, 9.17) is 14.5 Å². The lowest BCUT2D eigenvalue weighted by Gasteiger charge is -2.30. The molecule has 0 unspecified atom stereocenters. The van der Waals surface area contributed by atoms with Crippen LogP contribution in [0.1, 0.15) is 34.7 Å². The third kappa shape index (κ3) is 3.74. The van der Waals surface area contributed by atoms with Gasteiger partial charge in [-0.05, 0) is 69.2 Å². The van der Waals surface area contributed by atoms with E-state index in [-0.39, 0.29) is 11.6 Å². The van der Waals surface area contributed by atoms with E-state index in [2.05, 4.69) is 52.3 Å². The predicted molar refractivity (Wildman–Crippen MR) is 146 cm³/mol. The van der Waals surface area contributed by atoms with E-state index in [1.165, 1.54) is 28.0 Å². The number of allylic oxidation sites excluding steroid dienone is 1. The smallest absolute Gasteiger partial charge is 0.271 e. The lowest BCUT2D eigenvalue weighted by Crippen LogP contribution is -2.38. The normalized spacial score (nSPS) is 16.6. The van der Waals surface area contributed by atoms with Gasteiger partial charge < -0.3 is 9.47 Å². The average Bonchev–Trinajstić information content (AvgIpc) is 3.21. The number of hydrogen-bond acceptors (Lipinski definition) is 5. The van der Waals surface area contributed by atoms with Crippen LogP contribution in [0.4, 0.5) is 0 Å². The van der Waals surface area contributed by atoms with Crippen LogP contribution in [-0.2, 0) is 6.42 Å². The van der Waals surface area contributed by atoms with Gasteiger partial charge in [0.2, 0.25) is 0 Å². The molecule has 0 amide bonds. The van der Waals surface area contributed by atoms with Crippen LogP contribution in [0.25, 0.3) is 11.8 Å². The van der Waals surface area contributed by atoms with Crippen LogP contribution in [0.3, 0.4) is 0 Å². The van der Waals surface area contributed by atoms with E-state index in [1.54, 1.807) is 14.2 Å². The number of thiazole rings is 1. The van der Waals surface area contributed by atoms with Crippen molar-refractivity contribution < 1.29 is 9.47 Å². The highest BCUT2D eigenvalue weighted by Gasteiger charge is 2.32. The monoisotopic (exact) mass is 558 g/mol. The summed E-state index contributed by atoms with van der Waals surface area (Å²) < 4.78 is 14.2. The molecule has 1 aliphatic carbocycles.